The molecule has 1 aromatic heterocycles. The van der Waals surface area contributed by atoms with E-state index >= 15 is 0 Å². The predicted octanol–water partition coefficient (Wildman–Crippen LogP) is 3.49. The summed E-state index contributed by atoms with van der Waals surface area (Å²) in [5.74, 6) is -0.0890. The van der Waals surface area contributed by atoms with Crippen LogP contribution in [0.5, 0.6) is 11.5 Å². The highest BCUT2D eigenvalue weighted by molar-refractivity contribution is 14.1. The van der Waals surface area contributed by atoms with Gasteiger partial charge in [0.05, 0.1) is 19.0 Å². The monoisotopic (exact) mass is 411 g/mol. The van der Waals surface area contributed by atoms with Gasteiger partial charge >= 0.3 is 6.36 Å². The largest absolute Gasteiger partial charge is 0.573 e. The van der Waals surface area contributed by atoms with Gasteiger partial charge in [0.25, 0.3) is 0 Å². The summed E-state index contributed by atoms with van der Waals surface area (Å²) >= 11 is 4.88. The molecule has 0 bridgehead atoms. The van der Waals surface area contributed by atoms with Crippen molar-refractivity contribution in [3.8, 4) is 11.5 Å². The Morgan fingerprint density at radius 1 is 1.50 bits per heavy atom. The number of hydrogen-bond acceptors (Lipinski definition) is 3. The van der Waals surface area contributed by atoms with Gasteiger partial charge in [0.2, 0.25) is 0 Å². The standard InChI is InChI=1S/C8H6BrF3INO2/c1-15-7-4(2-9)14-3-5(6(7)13)16-8(10,11)12/h3H,2H2,1H3. The highest BCUT2D eigenvalue weighted by Gasteiger charge is 2.33. The van der Waals surface area contributed by atoms with Crippen LogP contribution in [0.2, 0.25) is 0 Å². The lowest BCUT2D eigenvalue weighted by Crippen LogP contribution is -2.18. The maximum Gasteiger partial charge on any atom is 0.573 e. The van der Waals surface area contributed by atoms with Crippen LogP contribution in [0, 0.1) is 3.57 Å². The Morgan fingerprint density at radius 2 is 2.12 bits per heavy atom. The van der Waals surface area contributed by atoms with Crippen LogP contribution < -0.4 is 9.47 Å². The molecule has 16 heavy (non-hydrogen) atoms. The molecule has 0 aromatic carbocycles. The minimum absolute atomic E-state index is 0.238. The molecule has 0 spiro atoms. The normalized spacial score (nSPS) is 11.4. The molecule has 8 heteroatoms. The van der Waals surface area contributed by atoms with Crippen molar-refractivity contribution in [2.24, 2.45) is 0 Å². The molecule has 0 amide bonds. The number of pyridine rings is 1. The maximum absolute atomic E-state index is 12.0. The van der Waals surface area contributed by atoms with Crippen LogP contribution in [-0.2, 0) is 5.33 Å². The summed E-state index contributed by atoms with van der Waals surface area (Å²) < 4.78 is 45.1. The number of aromatic nitrogens is 1. The lowest BCUT2D eigenvalue weighted by atomic mass is 10.3. The Labute approximate surface area is 112 Å². The number of halogens is 5. The molecule has 0 aliphatic heterocycles. The molecule has 1 rings (SSSR count). The van der Waals surface area contributed by atoms with Crippen molar-refractivity contribution < 1.29 is 22.6 Å². The van der Waals surface area contributed by atoms with Crippen LogP contribution in [0.15, 0.2) is 6.20 Å². The fourth-order valence-corrected chi connectivity index (χ4v) is 2.17. The van der Waals surface area contributed by atoms with E-state index in [4.69, 9.17) is 4.74 Å². The topological polar surface area (TPSA) is 31.4 Å². The highest BCUT2D eigenvalue weighted by Crippen LogP contribution is 2.35. The molecule has 0 radical (unpaired) electrons. The van der Waals surface area contributed by atoms with Crippen LogP contribution in [0.4, 0.5) is 13.2 Å². The second kappa shape index (κ2) is 5.39. The third kappa shape index (κ3) is 3.37. The number of ether oxygens (including phenoxy) is 2. The first kappa shape index (κ1) is 13.8. The summed E-state index contributed by atoms with van der Waals surface area (Å²) in [6, 6.07) is 0. The van der Waals surface area contributed by atoms with Gasteiger partial charge in [0, 0.05) is 5.33 Å². The quantitative estimate of drug-likeness (QED) is 0.563. The molecule has 3 nitrogen and oxygen atoms in total. The molecule has 0 atom stereocenters. The number of hydrogen-bond donors (Lipinski definition) is 0. The fraction of sp³-hybridized carbons (Fsp3) is 0.375. The average molecular weight is 412 g/mol. The SMILES string of the molecule is COc1c(CBr)ncc(OC(F)(F)F)c1I. The molecular formula is C8H6BrF3INO2. The van der Waals surface area contributed by atoms with Crippen molar-refractivity contribution in [1.29, 1.82) is 0 Å². The molecule has 0 fully saturated rings. The number of alkyl halides is 4. The third-order valence-corrected chi connectivity index (χ3v) is 3.12. The number of methoxy groups -OCH3 is 1. The van der Waals surface area contributed by atoms with Gasteiger partial charge in [0.15, 0.2) is 11.5 Å². The molecule has 0 aliphatic carbocycles. The summed E-state index contributed by atoms with van der Waals surface area (Å²) in [6.07, 6.45) is -3.71. The van der Waals surface area contributed by atoms with Gasteiger partial charge in [-0.3, -0.25) is 4.98 Å². The zero-order chi connectivity index (χ0) is 12.3. The maximum atomic E-state index is 12.0. The lowest BCUT2D eigenvalue weighted by molar-refractivity contribution is -0.275. The first-order valence-corrected chi connectivity index (χ1v) is 6.12. The van der Waals surface area contributed by atoms with E-state index in [9.17, 15) is 13.2 Å². The summed E-state index contributed by atoms with van der Waals surface area (Å²) in [4.78, 5) is 3.81. The Morgan fingerprint density at radius 3 is 2.56 bits per heavy atom. The Bertz CT molecular complexity index is 386. The van der Waals surface area contributed by atoms with E-state index < -0.39 is 6.36 Å². The van der Waals surface area contributed by atoms with Crippen molar-refractivity contribution >= 4 is 38.5 Å². The van der Waals surface area contributed by atoms with Gasteiger partial charge in [-0.2, -0.15) is 0 Å². The van der Waals surface area contributed by atoms with Crippen molar-refractivity contribution in [3.05, 3.63) is 15.5 Å². The average Bonchev–Trinajstić information content (AvgIpc) is 2.19. The predicted molar refractivity (Wildman–Crippen MR) is 62.8 cm³/mol. The van der Waals surface area contributed by atoms with E-state index in [2.05, 4.69) is 25.7 Å². The second-order valence-corrected chi connectivity index (χ2v) is 4.24. The Hall–Kier alpha value is -0.250. The van der Waals surface area contributed by atoms with Gasteiger partial charge in [-0.15, -0.1) is 13.2 Å². The number of nitrogens with zero attached hydrogens (tertiary/aromatic N) is 1. The molecule has 90 valence electrons. The first-order chi connectivity index (χ1) is 7.39. The summed E-state index contributed by atoms with van der Waals surface area (Å²) in [5, 5.41) is 0.387. The molecule has 0 saturated heterocycles. The summed E-state index contributed by atoms with van der Waals surface area (Å²) in [6.45, 7) is 0. The zero-order valence-corrected chi connectivity index (χ0v) is 11.7. The lowest BCUT2D eigenvalue weighted by Gasteiger charge is -2.13. The van der Waals surface area contributed by atoms with E-state index in [0.717, 1.165) is 6.20 Å². The molecule has 1 aromatic rings. The van der Waals surface area contributed by atoms with Gasteiger partial charge < -0.3 is 9.47 Å². The van der Waals surface area contributed by atoms with Gasteiger partial charge in [0.1, 0.15) is 3.57 Å². The Kier molecular flexibility index (Phi) is 4.65. The fourth-order valence-electron chi connectivity index (χ4n) is 0.989. The highest BCUT2D eigenvalue weighted by atomic mass is 127. The summed E-state index contributed by atoms with van der Waals surface area (Å²) in [5.41, 5.74) is 0.515. The van der Waals surface area contributed by atoms with Crippen molar-refractivity contribution in [3.63, 3.8) is 0 Å². The zero-order valence-electron chi connectivity index (χ0n) is 7.94. The van der Waals surface area contributed by atoms with Crippen LogP contribution in [0.1, 0.15) is 5.69 Å². The molecule has 0 aliphatic rings. The molecule has 0 N–H and O–H groups in total. The smallest absolute Gasteiger partial charge is 0.494 e. The van der Waals surface area contributed by atoms with Crippen molar-refractivity contribution in [1.82, 2.24) is 4.98 Å². The van der Waals surface area contributed by atoms with Crippen LogP contribution >= 0.6 is 38.5 Å². The molecular weight excluding hydrogens is 406 g/mol. The van der Waals surface area contributed by atoms with Crippen molar-refractivity contribution in [2.45, 2.75) is 11.7 Å². The van der Waals surface area contributed by atoms with E-state index in [1.807, 2.05) is 0 Å². The van der Waals surface area contributed by atoms with E-state index in [1.165, 1.54) is 7.11 Å². The minimum atomic E-state index is -4.73. The van der Waals surface area contributed by atoms with Crippen LogP contribution in [0.25, 0.3) is 0 Å². The van der Waals surface area contributed by atoms with Gasteiger partial charge in [-0.05, 0) is 22.6 Å². The minimum Gasteiger partial charge on any atom is -0.494 e. The first-order valence-electron chi connectivity index (χ1n) is 3.92. The Balaban J connectivity index is 3.14. The number of rotatable bonds is 3. The van der Waals surface area contributed by atoms with Gasteiger partial charge in [-0.25, -0.2) is 0 Å². The van der Waals surface area contributed by atoms with Crippen LogP contribution in [0.3, 0.4) is 0 Å². The molecule has 0 saturated carbocycles. The third-order valence-electron chi connectivity index (χ3n) is 1.57. The van der Waals surface area contributed by atoms with Gasteiger partial charge in [-0.1, -0.05) is 15.9 Å². The van der Waals surface area contributed by atoms with E-state index in [0.29, 0.717) is 11.0 Å². The molecule has 0 unspecified atom stereocenters. The van der Waals surface area contributed by atoms with Crippen LogP contribution in [-0.4, -0.2) is 18.5 Å². The second-order valence-electron chi connectivity index (χ2n) is 2.60. The van der Waals surface area contributed by atoms with E-state index in [-0.39, 0.29) is 15.1 Å². The van der Waals surface area contributed by atoms with Crippen molar-refractivity contribution in [2.75, 3.05) is 7.11 Å². The molecule has 1 heterocycles. The van der Waals surface area contributed by atoms with E-state index in [1.54, 1.807) is 22.6 Å². The summed E-state index contributed by atoms with van der Waals surface area (Å²) in [7, 11) is 1.36.